The molecule has 116 valence electrons. The molecule has 0 aliphatic heterocycles. The summed E-state index contributed by atoms with van der Waals surface area (Å²) >= 11 is 0. The number of hydrogen-bond donors (Lipinski definition) is 0. The van der Waals surface area contributed by atoms with Gasteiger partial charge in [0.1, 0.15) is 0 Å². The summed E-state index contributed by atoms with van der Waals surface area (Å²) < 4.78 is 0. The second-order valence-corrected chi connectivity index (χ2v) is 6.23. The predicted molar refractivity (Wildman–Crippen MR) is 98.9 cm³/mol. The minimum Gasteiger partial charge on any atom is -0.0622 e. The van der Waals surface area contributed by atoms with Gasteiger partial charge in [-0.25, -0.2) is 0 Å². The zero-order chi connectivity index (χ0) is 15.9. The molecule has 0 saturated heterocycles. The fraction of sp³-hybridized carbons (Fsp3) is 0.217. The second-order valence-electron chi connectivity index (χ2n) is 6.23. The molecule has 23 heavy (non-hydrogen) atoms. The minimum atomic E-state index is 1.11. The summed E-state index contributed by atoms with van der Waals surface area (Å²) in [5.74, 6) is 0. The van der Waals surface area contributed by atoms with E-state index in [4.69, 9.17) is 0 Å². The Labute approximate surface area is 139 Å². The Bertz CT molecular complexity index is 727. The standard InChI is InChI=1S/C23H24/c1-19-12-13-22(15-14-20-8-4-2-5-9-20)18-23(19)17-16-21-10-6-3-7-11-21/h2-13,18H,14-17H2,1H3. The molecule has 0 heteroatoms. The van der Waals surface area contributed by atoms with Crippen molar-refractivity contribution in [2.45, 2.75) is 32.6 Å². The average molecular weight is 300 g/mol. The topological polar surface area (TPSA) is 0 Å². The quantitative estimate of drug-likeness (QED) is 0.558. The third-order valence-corrected chi connectivity index (χ3v) is 4.48. The molecule has 0 aromatic heterocycles. The van der Waals surface area contributed by atoms with Crippen molar-refractivity contribution in [1.82, 2.24) is 0 Å². The van der Waals surface area contributed by atoms with Crippen molar-refractivity contribution >= 4 is 0 Å². The van der Waals surface area contributed by atoms with Crippen molar-refractivity contribution in [3.05, 3.63) is 107 Å². The largest absolute Gasteiger partial charge is 0.0622 e. The monoisotopic (exact) mass is 300 g/mol. The molecule has 0 fully saturated rings. The highest BCUT2D eigenvalue weighted by Gasteiger charge is 2.03. The molecule has 0 N–H and O–H groups in total. The van der Waals surface area contributed by atoms with Crippen LogP contribution in [0.5, 0.6) is 0 Å². The van der Waals surface area contributed by atoms with Crippen LogP contribution in [0.2, 0.25) is 0 Å². The third kappa shape index (κ3) is 4.56. The van der Waals surface area contributed by atoms with Gasteiger partial charge in [0.2, 0.25) is 0 Å². The first kappa shape index (κ1) is 15.6. The summed E-state index contributed by atoms with van der Waals surface area (Å²) in [4.78, 5) is 0. The molecular formula is C23H24. The number of benzene rings is 3. The van der Waals surface area contributed by atoms with E-state index < -0.39 is 0 Å². The first-order chi connectivity index (χ1) is 11.3. The Balaban J connectivity index is 1.64. The summed E-state index contributed by atoms with van der Waals surface area (Å²) in [5.41, 5.74) is 7.17. The van der Waals surface area contributed by atoms with Gasteiger partial charge in [0.25, 0.3) is 0 Å². The summed E-state index contributed by atoms with van der Waals surface area (Å²) in [6.07, 6.45) is 4.46. The van der Waals surface area contributed by atoms with Crippen LogP contribution in [0, 0.1) is 6.92 Å². The first-order valence-electron chi connectivity index (χ1n) is 8.47. The smallest absolute Gasteiger partial charge is 0.0236 e. The van der Waals surface area contributed by atoms with E-state index in [0.29, 0.717) is 0 Å². The summed E-state index contributed by atoms with van der Waals surface area (Å²) in [7, 11) is 0. The maximum atomic E-state index is 2.40. The molecule has 0 radical (unpaired) electrons. The van der Waals surface area contributed by atoms with Gasteiger partial charge in [0, 0.05) is 0 Å². The molecule has 0 aliphatic carbocycles. The highest BCUT2D eigenvalue weighted by molar-refractivity contribution is 5.33. The van der Waals surface area contributed by atoms with Gasteiger partial charge in [-0.1, -0.05) is 78.9 Å². The normalized spacial score (nSPS) is 10.7. The van der Waals surface area contributed by atoms with Gasteiger partial charge in [0.15, 0.2) is 0 Å². The van der Waals surface area contributed by atoms with Gasteiger partial charge in [0.05, 0.1) is 0 Å². The lowest BCUT2D eigenvalue weighted by atomic mass is 9.96. The van der Waals surface area contributed by atoms with Crippen LogP contribution in [0.15, 0.2) is 78.9 Å². The van der Waals surface area contributed by atoms with Gasteiger partial charge in [-0.3, -0.25) is 0 Å². The Hall–Kier alpha value is -2.34. The van der Waals surface area contributed by atoms with Gasteiger partial charge in [-0.15, -0.1) is 0 Å². The molecule has 0 saturated carbocycles. The minimum absolute atomic E-state index is 1.11. The molecule has 3 aromatic carbocycles. The molecule has 0 bridgehead atoms. The van der Waals surface area contributed by atoms with Crippen molar-refractivity contribution in [2.75, 3.05) is 0 Å². The van der Waals surface area contributed by atoms with Crippen molar-refractivity contribution in [2.24, 2.45) is 0 Å². The number of rotatable bonds is 6. The Morgan fingerprint density at radius 3 is 1.65 bits per heavy atom. The van der Waals surface area contributed by atoms with Gasteiger partial charge < -0.3 is 0 Å². The van der Waals surface area contributed by atoms with E-state index in [-0.39, 0.29) is 0 Å². The van der Waals surface area contributed by atoms with Crippen LogP contribution in [0.4, 0.5) is 0 Å². The van der Waals surface area contributed by atoms with Crippen LogP contribution in [-0.4, -0.2) is 0 Å². The van der Waals surface area contributed by atoms with Crippen molar-refractivity contribution in [3.63, 3.8) is 0 Å². The Kier molecular flexibility index (Phi) is 5.26. The van der Waals surface area contributed by atoms with Crippen LogP contribution < -0.4 is 0 Å². The van der Waals surface area contributed by atoms with E-state index >= 15 is 0 Å². The van der Waals surface area contributed by atoms with E-state index in [0.717, 1.165) is 25.7 Å². The van der Waals surface area contributed by atoms with Crippen LogP contribution in [0.3, 0.4) is 0 Å². The lowest BCUT2D eigenvalue weighted by Crippen LogP contribution is -1.97. The number of aryl methyl sites for hydroxylation is 5. The lowest BCUT2D eigenvalue weighted by Gasteiger charge is -2.10. The maximum absolute atomic E-state index is 2.40. The zero-order valence-electron chi connectivity index (χ0n) is 13.8. The third-order valence-electron chi connectivity index (χ3n) is 4.48. The van der Waals surface area contributed by atoms with Crippen molar-refractivity contribution in [1.29, 1.82) is 0 Å². The molecule has 0 amide bonds. The van der Waals surface area contributed by atoms with Crippen LogP contribution in [-0.2, 0) is 25.7 Å². The van der Waals surface area contributed by atoms with E-state index in [9.17, 15) is 0 Å². The molecule has 0 spiro atoms. The van der Waals surface area contributed by atoms with Crippen molar-refractivity contribution in [3.8, 4) is 0 Å². The highest BCUT2D eigenvalue weighted by Crippen LogP contribution is 2.16. The van der Waals surface area contributed by atoms with E-state index in [1.165, 1.54) is 27.8 Å². The maximum Gasteiger partial charge on any atom is -0.0236 e. The second kappa shape index (κ2) is 7.78. The van der Waals surface area contributed by atoms with Gasteiger partial charge in [-0.05, 0) is 60.4 Å². The van der Waals surface area contributed by atoms with Gasteiger partial charge >= 0.3 is 0 Å². The van der Waals surface area contributed by atoms with Crippen LogP contribution in [0.25, 0.3) is 0 Å². The van der Waals surface area contributed by atoms with E-state index in [1.54, 1.807) is 0 Å². The fourth-order valence-corrected chi connectivity index (χ4v) is 3.01. The summed E-state index contributed by atoms with van der Waals surface area (Å²) in [6, 6.07) is 28.5. The summed E-state index contributed by atoms with van der Waals surface area (Å²) in [6.45, 7) is 2.22. The molecule has 0 unspecified atom stereocenters. The molecule has 0 atom stereocenters. The van der Waals surface area contributed by atoms with Gasteiger partial charge in [-0.2, -0.15) is 0 Å². The zero-order valence-corrected chi connectivity index (χ0v) is 13.8. The van der Waals surface area contributed by atoms with Crippen LogP contribution >= 0.6 is 0 Å². The molecular weight excluding hydrogens is 276 g/mol. The SMILES string of the molecule is Cc1ccc(CCc2ccccc2)cc1CCc1ccccc1. The Morgan fingerprint density at radius 1 is 0.522 bits per heavy atom. The highest BCUT2D eigenvalue weighted by atomic mass is 14.1. The molecule has 3 aromatic rings. The average Bonchev–Trinajstić information content (AvgIpc) is 2.62. The van der Waals surface area contributed by atoms with E-state index in [2.05, 4.69) is 85.8 Å². The molecule has 3 rings (SSSR count). The van der Waals surface area contributed by atoms with Crippen molar-refractivity contribution < 1.29 is 0 Å². The molecule has 0 aliphatic rings. The van der Waals surface area contributed by atoms with Crippen LogP contribution in [0.1, 0.15) is 27.8 Å². The predicted octanol–water partition coefficient (Wildman–Crippen LogP) is 5.57. The first-order valence-corrected chi connectivity index (χ1v) is 8.47. The Morgan fingerprint density at radius 2 is 1.04 bits per heavy atom. The fourth-order valence-electron chi connectivity index (χ4n) is 3.01. The molecule has 0 nitrogen and oxygen atoms in total. The number of hydrogen-bond acceptors (Lipinski definition) is 0. The molecule has 0 heterocycles. The lowest BCUT2D eigenvalue weighted by molar-refractivity contribution is 0.922. The van der Waals surface area contributed by atoms with E-state index in [1.807, 2.05) is 0 Å². The summed E-state index contributed by atoms with van der Waals surface area (Å²) in [5, 5.41) is 0.